The van der Waals surface area contributed by atoms with Gasteiger partial charge in [-0.15, -0.1) is 5.10 Å². The highest BCUT2D eigenvalue weighted by molar-refractivity contribution is 5.94. The van der Waals surface area contributed by atoms with Gasteiger partial charge in [0.1, 0.15) is 5.52 Å². The highest BCUT2D eigenvalue weighted by Gasteiger charge is 2.29. The average Bonchev–Trinajstić information content (AvgIpc) is 3.38. The molecule has 5 nitrogen and oxygen atoms in total. The second kappa shape index (κ2) is 6.07. The summed E-state index contributed by atoms with van der Waals surface area (Å²) < 4.78 is 1.87. The zero-order valence-electron chi connectivity index (χ0n) is 13.6. The fourth-order valence-corrected chi connectivity index (χ4v) is 2.97. The molecule has 1 N–H and O–H groups in total. The largest absolute Gasteiger partial charge is 0.349 e. The maximum absolute atomic E-state index is 12.3. The lowest BCUT2D eigenvalue weighted by molar-refractivity contribution is 0.0936. The van der Waals surface area contributed by atoms with Gasteiger partial charge in [0.25, 0.3) is 5.91 Å². The smallest absolute Gasteiger partial charge is 0.251 e. The molecule has 5 heteroatoms. The van der Waals surface area contributed by atoms with Crippen LogP contribution in [0.25, 0.3) is 11.0 Å². The number of hydrogen-bond donors (Lipinski definition) is 1. The topological polar surface area (TPSA) is 59.8 Å². The number of benzene rings is 2. The molecule has 0 aliphatic heterocycles. The van der Waals surface area contributed by atoms with Gasteiger partial charge in [0.2, 0.25) is 0 Å². The molecule has 3 aromatic rings. The maximum atomic E-state index is 12.3. The highest BCUT2D eigenvalue weighted by Crippen LogP contribution is 2.32. The molecular weight excluding hydrogens is 300 g/mol. The number of amides is 1. The van der Waals surface area contributed by atoms with Crippen LogP contribution >= 0.6 is 0 Å². The van der Waals surface area contributed by atoms with Crippen molar-refractivity contribution in [2.45, 2.75) is 32.4 Å². The summed E-state index contributed by atoms with van der Waals surface area (Å²) in [5.41, 5.74) is 3.70. The van der Waals surface area contributed by atoms with Crippen LogP contribution < -0.4 is 5.32 Å². The van der Waals surface area contributed by atoms with Crippen molar-refractivity contribution >= 4 is 16.9 Å². The van der Waals surface area contributed by atoms with Crippen LogP contribution in [0.15, 0.2) is 48.5 Å². The molecule has 1 aliphatic carbocycles. The van der Waals surface area contributed by atoms with Crippen molar-refractivity contribution < 1.29 is 4.79 Å². The molecule has 1 heterocycles. The van der Waals surface area contributed by atoms with Gasteiger partial charge in [0.15, 0.2) is 0 Å². The van der Waals surface area contributed by atoms with Gasteiger partial charge < -0.3 is 5.32 Å². The average molecular weight is 320 g/mol. The molecule has 0 saturated heterocycles. The third kappa shape index (κ3) is 3.02. The lowest BCUT2D eigenvalue weighted by Gasteiger charge is -2.13. The Morgan fingerprint density at radius 1 is 1.21 bits per heavy atom. The lowest BCUT2D eigenvalue weighted by atomic mass is 10.1. The van der Waals surface area contributed by atoms with Crippen LogP contribution in [0.3, 0.4) is 0 Å². The summed E-state index contributed by atoms with van der Waals surface area (Å²) in [6, 6.07) is 15.9. The number of carbonyl (C=O) groups is 1. The van der Waals surface area contributed by atoms with E-state index in [1.54, 1.807) is 0 Å². The molecule has 1 atom stereocenters. The number of rotatable bonds is 5. The number of hydrogen-bond acceptors (Lipinski definition) is 3. The summed E-state index contributed by atoms with van der Waals surface area (Å²) in [5, 5.41) is 11.4. The Balaban J connectivity index is 1.46. The molecule has 1 fully saturated rings. The summed E-state index contributed by atoms with van der Waals surface area (Å²) >= 11 is 0. The van der Waals surface area contributed by atoms with E-state index in [9.17, 15) is 4.79 Å². The molecule has 0 spiro atoms. The first-order valence-electron chi connectivity index (χ1n) is 8.39. The van der Waals surface area contributed by atoms with E-state index in [2.05, 4.69) is 22.6 Å². The summed E-state index contributed by atoms with van der Waals surface area (Å²) in [4.78, 5) is 12.3. The zero-order valence-corrected chi connectivity index (χ0v) is 13.6. The third-order valence-electron chi connectivity index (χ3n) is 4.66. The van der Waals surface area contributed by atoms with Crippen LogP contribution in [0.5, 0.6) is 0 Å². The van der Waals surface area contributed by atoms with Crippen LogP contribution in [0.4, 0.5) is 0 Å². The highest BCUT2D eigenvalue weighted by atomic mass is 16.1. The number of nitrogens with zero attached hydrogens (tertiary/aromatic N) is 3. The minimum atomic E-state index is 0.00663. The molecule has 122 valence electrons. The molecule has 1 amide bonds. The summed E-state index contributed by atoms with van der Waals surface area (Å²) in [6.45, 7) is 2.72. The monoisotopic (exact) mass is 320 g/mol. The molecule has 1 aromatic heterocycles. The van der Waals surface area contributed by atoms with Crippen molar-refractivity contribution in [2.75, 3.05) is 0 Å². The minimum Gasteiger partial charge on any atom is -0.349 e. The summed E-state index contributed by atoms with van der Waals surface area (Å²) in [6.07, 6.45) is 2.46. The van der Waals surface area contributed by atoms with Crippen LogP contribution in [-0.4, -0.2) is 26.9 Å². The van der Waals surface area contributed by atoms with E-state index in [-0.39, 0.29) is 11.9 Å². The van der Waals surface area contributed by atoms with Gasteiger partial charge in [-0.1, -0.05) is 29.5 Å². The van der Waals surface area contributed by atoms with Crippen molar-refractivity contribution in [3.8, 4) is 0 Å². The number of fused-ring (bicyclic) bond motifs is 1. The maximum Gasteiger partial charge on any atom is 0.251 e. The molecule has 1 saturated carbocycles. The Hall–Kier alpha value is -2.69. The van der Waals surface area contributed by atoms with E-state index in [0.29, 0.717) is 18.0 Å². The van der Waals surface area contributed by atoms with E-state index < -0.39 is 0 Å². The number of aromatic nitrogens is 3. The quantitative estimate of drug-likeness (QED) is 0.786. The van der Waals surface area contributed by atoms with Crippen LogP contribution in [-0.2, 0) is 6.54 Å². The summed E-state index contributed by atoms with van der Waals surface area (Å²) in [7, 11) is 0. The minimum absolute atomic E-state index is 0.00663. The lowest BCUT2D eigenvalue weighted by Crippen LogP contribution is -2.33. The van der Waals surface area contributed by atoms with Gasteiger partial charge >= 0.3 is 0 Å². The molecule has 0 radical (unpaired) electrons. The molecule has 0 bridgehead atoms. The Morgan fingerprint density at radius 3 is 2.71 bits per heavy atom. The number of para-hydroxylation sites is 1. The first-order valence-corrected chi connectivity index (χ1v) is 8.39. The Kier molecular flexibility index (Phi) is 3.76. The van der Waals surface area contributed by atoms with Crippen LogP contribution in [0.2, 0.25) is 0 Å². The summed E-state index contributed by atoms with van der Waals surface area (Å²) in [5.74, 6) is 0.668. The van der Waals surface area contributed by atoms with Crippen molar-refractivity contribution in [2.24, 2.45) is 5.92 Å². The van der Waals surface area contributed by atoms with Gasteiger partial charge in [-0.05, 0) is 55.5 Å². The van der Waals surface area contributed by atoms with Crippen LogP contribution in [0.1, 0.15) is 35.7 Å². The zero-order chi connectivity index (χ0) is 16.5. The van der Waals surface area contributed by atoms with Gasteiger partial charge in [0, 0.05) is 11.6 Å². The van der Waals surface area contributed by atoms with Crippen molar-refractivity contribution in [3.63, 3.8) is 0 Å². The predicted molar refractivity (Wildman–Crippen MR) is 92.7 cm³/mol. The molecule has 24 heavy (non-hydrogen) atoms. The standard InChI is InChI=1S/C19H20N4O/c1-13(15-10-11-15)20-19(24)16-8-6-14(7-9-16)12-23-18-5-3-2-4-17(18)21-22-23/h2-9,13,15H,10-12H2,1H3,(H,20,24)/t13-/m0/s1. The first kappa shape index (κ1) is 14.9. The van der Waals surface area contributed by atoms with E-state index in [0.717, 1.165) is 16.6 Å². The van der Waals surface area contributed by atoms with Gasteiger partial charge in [-0.3, -0.25) is 4.79 Å². The molecule has 0 unspecified atom stereocenters. The van der Waals surface area contributed by atoms with E-state index in [1.165, 1.54) is 12.8 Å². The normalized spacial score (nSPS) is 15.4. The van der Waals surface area contributed by atoms with Gasteiger partial charge in [-0.2, -0.15) is 0 Å². The van der Waals surface area contributed by atoms with Crippen molar-refractivity contribution in [1.82, 2.24) is 20.3 Å². The number of carbonyl (C=O) groups excluding carboxylic acids is 1. The first-order chi connectivity index (χ1) is 11.7. The second-order valence-electron chi connectivity index (χ2n) is 6.53. The third-order valence-corrected chi connectivity index (χ3v) is 4.66. The van der Waals surface area contributed by atoms with Crippen LogP contribution in [0, 0.1) is 5.92 Å². The second-order valence-corrected chi connectivity index (χ2v) is 6.53. The Bertz CT molecular complexity index is 864. The number of nitrogens with one attached hydrogen (secondary N) is 1. The SMILES string of the molecule is C[C@H](NC(=O)c1ccc(Cn2nnc3ccccc32)cc1)C1CC1. The van der Waals surface area contributed by atoms with Gasteiger partial charge in [-0.25, -0.2) is 4.68 Å². The fourth-order valence-electron chi connectivity index (χ4n) is 2.97. The fraction of sp³-hybridized carbons (Fsp3) is 0.316. The van der Waals surface area contributed by atoms with Crippen molar-refractivity contribution in [1.29, 1.82) is 0 Å². The molecular formula is C19H20N4O. The van der Waals surface area contributed by atoms with E-state index in [1.807, 2.05) is 53.2 Å². The molecule has 2 aromatic carbocycles. The van der Waals surface area contributed by atoms with Gasteiger partial charge in [0.05, 0.1) is 12.1 Å². The molecule has 1 aliphatic rings. The van der Waals surface area contributed by atoms with E-state index in [4.69, 9.17) is 0 Å². The molecule has 4 rings (SSSR count). The van der Waals surface area contributed by atoms with E-state index >= 15 is 0 Å². The van der Waals surface area contributed by atoms with Crippen molar-refractivity contribution in [3.05, 3.63) is 59.7 Å². The predicted octanol–water partition coefficient (Wildman–Crippen LogP) is 3.01. The Labute approximate surface area is 140 Å². The Morgan fingerprint density at radius 2 is 1.96 bits per heavy atom.